The largest absolute Gasteiger partial charge is 0.485 e. The quantitative estimate of drug-likeness (QED) is 0.862. The van der Waals surface area contributed by atoms with Gasteiger partial charge in [0, 0.05) is 6.54 Å². The Labute approximate surface area is 99.7 Å². The lowest BCUT2D eigenvalue weighted by atomic mass is 9.96. The van der Waals surface area contributed by atoms with Gasteiger partial charge in [0.25, 0.3) is 0 Å². The van der Waals surface area contributed by atoms with Crippen LogP contribution in [0.3, 0.4) is 0 Å². The van der Waals surface area contributed by atoms with Crippen LogP contribution in [0.4, 0.5) is 4.39 Å². The summed E-state index contributed by atoms with van der Waals surface area (Å²) in [6, 6.07) is 4.22. The second kappa shape index (κ2) is 4.60. The minimum Gasteiger partial charge on any atom is -0.485 e. The minimum atomic E-state index is -0.343. The van der Waals surface area contributed by atoms with Crippen LogP contribution in [0.1, 0.15) is 19.8 Å². The Balaban J connectivity index is 2.13. The van der Waals surface area contributed by atoms with Gasteiger partial charge in [0.2, 0.25) is 0 Å². The molecule has 0 spiro atoms. The number of hydrogen-bond donors (Lipinski definition) is 1. The van der Waals surface area contributed by atoms with E-state index in [1.807, 2.05) is 6.92 Å². The van der Waals surface area contributed by atoms with Gasteiger partial charge < -0.3 is 10.1 Å². The lowest BCUT2D eigenvalue weighted by Crippen LogP contribution is -2.47. The van der Waals surface area contributed by atoms with Crippen LogP contribution in [-0.4, -0.2) is 18.7 Å². The van der Waals surface area contributed by atoms with Crippen molar-refractivity contribution in [2.75, 3.05) is 13.1 Å². The zero-order valence-electron chi connectivity index (χ0n) is 9.22. The third kappa shape index (κ3) is 2.66. The standard InChI is InChI=1S/C12H15ClFNO/c1-12(5-2-6-15-8-12)16-11-4-3-9(14)7-10(11)13/h3-4,7,15H,2,5-6,8H2,1H3. The number of benzene rings is 1. The Bertz CT molecular complexity index is 377. The van der Waals surface area contributed by atoms with E-state index in [9.17, 15) is 4.39 Å². The molecule has 1 heterocycles. The van der Waals surface area contributed by atoms with Crippen LogP contribution in [0.25, 0.3) is 0 Å². The fraction of sp³-hybridized carbons (Fsp3) is 0.500. The van der Waals surface area contributed by atoms with Crippen molar-refractivity contribution >= 4 is 11.6 Å². The molecule has 0 aliphatic carbocycles. The molecule has 0 saturated carbocycles. The first-order valence-electron chi connectivity index (χ1n) is 5.44. The smallest absolute Gasteiger partial charge is 0.139 e. The van der Waals surface area contributed by atoms with E-state index in [1.54, 1.807) is 6.07 Å². The number of ether oxygens (including phenoxy) is 1. The van der Waals surface area contributed by atoms with Crippen LogP contribution in [0.5, 0.6) is 5.75 Å². The third-order valence-corrected chi connectivity index (χ3v) is 3.10. The summed E-state index contributed by atoms with van der Waals surface area (Å²) < 4.78 is 18.7. The monoisotopic (exact) mass is 243 g/mol. The summed E-state index contributed by atoms with van der Waals surface area (Å²) in [5.74, 6) is 0.207. The normalized spacial score (nSPS) is 25.4. The van der Waals surface area contributed by atoms with Crippen molar-refractivity contribution in [3.63, 3.8) is 0 Å². The molecule has 1 fully saturated rings. The molecule has 0 amide bonds. The van der Waals surface area contributed by atoms with Gasteiger partial charge in [0.1, 0.15) is 17.2 Å². The molecule has 1 aromatic carbocycles. The molecule has 88 valence electrons. The summed E-state index contributed by atoms with van der Waals surface area (Å²) in [7, 11) is 0. The molecule has 1 aliphatic rings. The average Bonchev–Trinajstić information content (AvgIpc) is 2.23. The molecule has 2 rings (SSSR count). The van der Waals surface area contributed by atoms with Crippen molar-refractivity contribution in [1.29, 1.82) is 0 Å². The minimum absolute atomic E-state index is 0.250. The number of halogens is 2. The maximum Gasteiger partial charge on any atom is 0.139 e. The van der Waals surface area contributed by atoms with Gasteiger partial charge in [-0.15, -0.1) is 0 Å². The lowest BCUT2D eigenvalue weighted by Gasteiger charge is -2.35. The number of rotatable bonds is 2. The van der Waals surface area contributed by atoms with Crippen LogP contribution in [0, 0.1) is 5.82 Å². The van der Waals surface area contributed by atoms with E-state index in [-0.39, 0.29) is 11.4 Å². The van der Waals surface area contributed by atoms with Gasteiger partial charge in [-0.25, -0.2) is 4.39 Å². The SMILES string of the molecule is CC1(Oc2ccc(F)cc2Cl)CCCNC1. The van der Waals surface area contributed by atoms with E-state index in [4.69, 9.17) is 16.3 Å². The fourth-order valence-electron chi connectivity index (χ4n) is 1.94. The van der Waals surface area contributed by atoms with Crippen molar-refractivity contribution in [3.05, 3.63) is 29.0 Å². The van der Waals surface area contributed by atoms with Crippen LogP contribution in [0.2, 0.25) is 5.02 Å². The summed E-state index contributed by atoms with van der Waals surface area (Å²) in [6.07, 6.45) is 2.06. The topological polar surface area (TPSA) is 21.3 Å². The zero-order chi connectivity index (χ0) is 11.6. The molecule has 0 aromatic heterocycles. The first-order valence-corrected chi connectivity index (χ1v) is 5.82. The fourth-order valence-corrected chi connectivity index (χ4v) is 2.14. The lowest BCUT2D eigenvalue weighted by molar-refractivity contribution is 0.0615. The second-order valence-corrected chi connectivity index (χ2v) is 4.81. The molecule has 1 aromatic rings. The Morgan fingerprint density at radius 2 is 2.31 bits per heavy atom. The van der Waals surface area contributed by atoms with Gasteiger partial charge in [-0.05, 0) is 44.5 Å². The molecule has 1 aliphatic heterocycles. The van der Waals surface area contributed by atoms with Crippen molar-refractivity contribution in [3.8, 4) is 5.75 Å². The Kier molecular flexibility index (Phi) is 3.36. The van der Waals surface area contributed by atoms with Crippen LogP contribution in [0.15, 0.2) is 18.2 Å². The highest BCUT2D eigenvalue weighted by Gasteiger charge is 2.29. The van der Waals surface area contributed by atoms with Crippen LogP contribution >= 0.6 is 11.6 Å². The van der Waals surface area contributed by atoms with Crippen molar-refractivity contribution < 1.29 is 9.13 Å². The highest BCUT2D eigenvalue weighted by molar-refractivity contribution is 6.32. The van der Waals surface area contributed by atoms with Crippen molar-refractivity contribution in [2.24, 2.45) is 0 Å². The third-order valence-electron chi connectivity index (χ3n) is 2.81. The predicted octanol–water partition coefficient (Wildman–Crippen LogP) is 3.00. The first kappa shape index (κ1) is 11.7. The van der Waals surface area contributed by atoms with E-state index < -0.39 is 0 Å². The second-order valence-electron chi connectivity index (χ2n) is 4.41. The molecule has 1 atom stereocenters. The molecular weight excluding hydrogens is 229 g/mol. The molecule has 2 nitrogen and oxygen atoms in total. The van der Waals surface area contributed by atoms with Gasteiger partial charge in [-0.2, -0.15) is 0 Å². The zero-order valence-corrected chi connectivity index (χ0v) is 9.98. The van der Waals surface area contributed by atoms with Crippen molar-refractivity contribution in [2.45, 2.75) is 25.4 Å². The van der Waals surface area contributed by atoms with Gasteiger partial charge in [0.05, 0.1) is 5.02 Å². The molecule has 0 bridgehead atoms. The van der Waals surface area contributed by atoms with E-state index in [0.29, 0.717) is 10.8 Å². The van der Waals surface area contributed by atoms with Crippen molar-refractivity contribution in [1.82, 2.24) is 5.32 Å². The summed E-state index contributed by atoms with van der Waals surface area (Å²) in [5.41, 5.74) is -0.250. The van der Waals surface area contributed by atoms with Gasteiger partial charge >= 0.3 is 0 Å². The maximum absolute atomic E-state index is 12.9. The predicted molar refractivity (Wildman–Crippen MR) is 62.5 cm³/mol. The summed E-state index contributed by atoms with van der Waals surface area (Å²) in [4.78, 5) is 0. The molecular formula is C12H15ClFNO. The average molecular weight is 244 g/mol. The summed E-state index contributed by atoms with van der Waals surface area (Å²) >= 11 is 5.93. The maximum atomic E-state index is 12.9. The first-order chi connectivity index (χ1) is 7.59. The molecule has 16 heavy (non-hydrogen) atoms. The number of hydrogen-bond acceptors (Lipinski definition) is 2. The summed E-state index contributed by atoms with van der Waals surface area (Å²) in [6.45, 7) is 3.86. The highest BCUT2D eigenvalue weighted by Crippen LogP contribution is 2.30. The Morgan fingerprint density at radius 1 is 1.50 bits per heavy atom. The number of piperidine rings is 1. The van der Waals surface area contributed by atoms with E-state index in [2.05, 4.69) is 5.32 Å². The molecule has 1 saturated heterocycles. The molecule has 0 radical (unpaired) electrons. The van der Waals surface area contributed by atoms with E-state index >= 15 is 0 Å². The van der Waals surface area contributed by atoms with E-state index in [0.717, 1.165) is 25.9 Å². The molecule has 1 unspecified atom stereocenters. The van der Waals surface area contributed by atoms with Crippen LogP contribution < -0.4 is 10.1 Å². The number of nitrogens with one attached hydrogen (secondary N) is 1. The molecule has 4 heteroatoms. The van der Waals surface area contributed by atoms with Gasteiger partial charge in [0.15, 0.2) is 0 Å². The Morgan fingerprint density at radius 3 is 2.94 bits per heavy atom. The van der Waals surface area contributed by atoms with Gasteiger partial charge in [-0.1, -0.05) is 11.6 Å². The summed E-state index contributed by atoms with van der Waals surface area (Å²) in [5, 5.41) is 3.61. The van der Waals surface area contributed by atoms with Crippen LogP contribution in [-0.2, 0) is 0 Å². The molecule has 1 N–H and O–H groups in total. The van der Waals surface area contributed by atoms with Gasteiger partial charge in [-0.3, -0.25) is 0 Å². The highest BCUT2D eigenvalue weighted by atomic mass is 35.5. The Hall–Kier alpha value is -0.800. The van der Waals surface area contributed by atoms with E-state index in [1.165, 1.54) is 12.1 Å².